The number of hydrogen-bond acceptors (Lipinski definition) is 11. The van der Waals surface area contributed by atoms with E-state index in [0.29, 0.717) is 17.2 Å². The molecular formula is C47H44N2O9. The second-order valence-electron chi connectivity index (χ2n) is 12.6. The molecule has 0 atom stereocenters. The van der Waals surface area contributed by atoms with Gasteiger partial charge in [0.15, 0.2) is 0 Å². The largest absolute Gasteiger partial charge is 0.513 e. The SMILES string of the molecule is CCOC(=O)Oc1ccc(N(c2ccc(CC)cc2)c2ccc(-c3ccc(N(c4ccc(OC(=O)OCC)cc4)c4ccc(OC(=O)OCC)cc4)cc3)cc2)cc1. The molecule has 0 N–H and O–H groups in total. The summed E-state index contributed by atoms with van der Waals surface area (Å²) in [5, 5.41) is 0. The van der Waals surface area contributed by atoms with Crippen LogP contribution in [0.15, 0.2) is 146 Å². The van der Waals surface area contributed by atoms with Crippen LogP contribution < -0.4 is 24.0 Å². The fraction of sp³-hybridized carbons (Fsp3) is 0.170. The smallest absolute Gasteiger partial charge is 0.434 e. The van der Waals surface area contributed by atoms with Gasteiger partial charge in [0.2, 0.25) is 0 Å². The Morgan fingerprint density at radius 3 is 0.845 bits per heavy atom. The van der Waals surface area contributed by atoms with Crippen LogP contribution in [0.4, 0.5) is 48.5 Å². The van der Waals surface area contributed by atoms with Crippen LogP contribution in [0.25, 0.3) is 11.1 Å². The molecule has 0 radical (unpaired) electrons. The molecule has 6 rings (SSSR count). The molecule has 0 unspecified atom stereocenters. The third-order valence-electron chi connectivity index (χ3n) is 8.86. The van der Waals surface area contributed by atoms with Crippen molar-refractivity contribution in [1.29, 1.82) is 0 Å². The minimum atomic E-state index is -0.775. The topological polar surface area (TPSA) is 113 Å². The molecule has 0 spiro atoms. The highest BCUT2D eigenvalue weighted by Gasteiger charge is 2.17. The maximum atomic E-state index is 11.9. The van der Waals surface area contributed by atoms with E-state index in [1.165, 1.54) is 5.56 Å². The fourth-order valence-corrected chi connectivity index (χ4v) is 6.10. The third kappa shape index (κ3) is 10.3. The minimum absolute atomic E-state index is 0.207. The first kappa shape index (κ1) is 40.4. The molecule has 0 saturated carbocycles. The first-order valence-electron chi connectivity index (χ1n) is 19.0. The summed E-state index contributed by atoms with van der Waals surface area (Å²) in [5.74, 6) is 1.08. The highest BCUT2D eigenvalue weighted by Crippen LogP contribution is 2.39. The number of rotatable bonds is 14. The minimum Gasteiger partial charge on any atom is -0.434 e. The molecule has 0 bridgehead atoms. The van der Waals surface area contributed by atoms with Crippen molar-refractivity contribution in [3.05, 3.63) is 151 Å². The zero-order valence-corrected chi connectivity index (χ0v) is 32.8. The van der Waals surface area contributed by atoms with Gasteiger partial charge in [0.05, 0.1) is 19.8 Å². The summed E-state index contributed by atoms with van der Waals surface area (Å²) in [4.78, 5) is 39.9. The van der Waals surface area contributed by atoms with Gasteiger partial charge in [-0.05, 0) is 153 Å². The number of nitrogens with zero attached hydrogens (tertiary/aromatic N) is 2. The van der Waals surface area contributed by atoms with E-state index in [9.17, 15) is 14.4 Å². The second kappa shape index (κ2) is 19.5. The second-order valence-corrected chi connectivity index (χ2v) is 12.6. The predicted octanol–water partition coefficient (Wildman–Crippen LogP) is 12.5. The molecule has 0 fully saturated rings. The van der Waals surface area contributed by atoms with E-state index >= 15 is 0 Å². The van der Waals surface area contributed by atoms with Gasteiger partial charge in [-0.15, -0.1) is 0 Å². The van der Waals surface area contributed by atoms with Gasteiger partial charge in [0, 0.05) is 34.1 Å². The highest BCUT2D eigenvalue weighted by molar-refractivity contribution is 5.81. The molecule has 11 heteroatoms. The summed E-state index contributed by atoms with van der Waals surface area (Å²) in [5.41, 5.74) is 8.51. The van der Waals surface area contributed by atoms with Gasteiger partial charge < -0.3 is 38.2 Å². The van der Waals surface area contributed by atoms with Gasteiger partial charge >= 0.3 is 18.5 Å². The molecule has 0 aromatic heterocycles. The zero-order chi connectivity index (χ0) is 40.9. The number of aryl methyl sites for hydroxylation is 1. The summed E-state index contributed by atoms with van der Waals surface area (Å²) >= 11 is 0. The summed E-state index contributed by atoms with van der Waals surface area (Å²) in [6.45, 7) is 7.92. The molecule has 58 heavy (non-hydrogen) atoms. The molecule has 296 valence electrons. The van der Waals surface area contributed by atoms with E-state index in [1.54, 1.807) is 57.2 Å². The fourth-order valence-electron chi connectivity index (χ4n) is 6.10. The van der Waals surface area contributed by atoms with Gasteiger partial charge in [-0.1, -0.05) is 43.3 Å². The van der Waals surface area contributed by atoms with Crippen molar-refractivity contribution in [2.24, 2.45) is 0 Å². The van der Waals surface area contributed by atoms with Gasteiger partial charge in [-0.3, -0.25) is 0 Å². The Kier molecular flexibility index (Phi) is 13.6. The molecule has 0 heterocycles. The molecule has 11 nitrogen and oxygen atoms in total. The number of carbonyl (C=O) groups is 3. The van der Waals surface area contributed by atoms with Gasteiger partial charge in [-0.25, -0.2) is 14.4 Å². The van der Waals surface area contributed by atoms with Crippen LogP contribution in [-0.4, -0.2) is 38.3 Å². The van der Waals surface area contributed by atoms with Crippen LogP contribution in [0.1, 0.15) is 33.3 Å². The zero-order valence-electron chi connectivity index (χ0n) is 32.8. The maximum Gasteiger partial charge on any atom is 0.513 e. The molecular weight excluding hydrogens is 737 g/mol. The normalized spacial score (nSPS) is 10.6. The van der Waals surface area contributed by atoms with Crippen molar-refractivity contribution in [3.8, 4) is 28.4 Å². The predicted molar refractivity (Wildman–Crippen MR) is 224 cm³/mol. The van der Waals surface area contributed by atoms with Crippen molar-refractivity contribution in [2.45, 2.75) is 34.1 Å². The average molecular weight is 781 g/mol. The number of anilines is 6. The van der Waals surface area contributed by atoms with Crippen molar-refractivity contribution >= 4 is 52.6 Å². The first-order valence-corrected chi connectivity index (χ1v) is 19.0. The standard InChI is InChI=1S/C47H44N2O9/c1-5-33-9-15-36(16-10-33)48(39-21-27-42(28-22-39)56-45(50)53-6-2)37-17-11-34(12-18-37)35-13-19-38(20-14-35)49(40-23-29-43(30-24-40)57-46(51)54-7-3)41-25-31-44(32-26-41)58-47(52)55-8-4/h9-32H,5-8H2,1-4H3. The van der Waals surface area contributed by atoms with E-state index < -0.39 is 18.5 Å². The van der Waals surface area contributed by atoms with Crippen LogP contribution in [-0.2, 0) is 20.6 Å². The van der Waals surface area contributed by atoms with Crippen LogP contribution in [0.5, 0.6) is 17.2 Å². The lowest BCUT2D eigenvalue weighted by Crippen LogP contribution is -2.12. The van der Waals surface area contributed by atoms with Crippen LogP contribution in [0.2, 0.25) is 0 Å². The Hall–Kier alpha value is -7.27. The molecule has 6 aromatic carbocycles. The van der Waals surface area contributed by atoms with E-state index in [-0.39, 0.29) is 19.8 Å². The van der Waals surface area contributed by atoms with Crippen LogP contribution in [0.3, 0.4) is 0 Å². The van der Waals surface area contributed by atoms with Gasteiger partial charge in [-0.2, -0.15) is 0 Å². The van der Waals surface area contributed by atoms with Crippen molar-refractivity contribution in [3.63, 3.8) is 0 Å². The Labute approximate surface area is 337 Å². The third-order valence-corrected chi connectivity index (χ3v) is 8.86. The van der Waals surface area contributed by atoms with E-state index in [2.05, 4.69) is 72.5 Å². The molecule has 0 aliphatic rings. The lowest BCUT2D eigenvalue weighted by molar-refractivity contribution is 0.103. The van der Waals surface area contributed by atoms with Crippen LogP contribution in [0, 0.1) is 0 Å². The number of carbonyl (C=O) groups excluding carboxylic acids is 3. The number of benzene rings is 6. The Morgan fingerprint density at radius 2 is 0.603 bits per heavy atom. The number of ether oxygens (including phenoxy) is 6. The molecule has 0 amide bonds. The van der Waals surface area contributed by atoms with Crippen LogP contribution >= 0.6 is 0 Å². The van der Waals surface area contributed by atoms with E-state index in [4.69, 9.17) is 28.4 Å². The quantitative estimate of drug-likeness (QED) is 0.0598. The molecule has 0 aliphatic heterocycles. The van der Waals surface area contributed by atoms with Gasteiger partial charge in [0.1, 0.15) is 17.2 Å². The lowest BCUT2D eigenvalue weighted by atomic mass is 10.0. The van der Waals surface area contributed by atoms with Crippen molar-refractivity contribution in [1.82, 2.24) is 0 Å². The molecule has 6 aromatic rings. The summed E-state index contributed by atoms with van der Waals surface area (Å²) in [6, 6.07) is 46.4. The summed E-state index contributed by atoms with van der Waals surface area (Å²) in [7, 11) is 0. The maximum absolute atomic E-state index is 11.9. The lowest BCUT2D eigenvalue weighted by Gasteiger charge is -2.26. The Bertz CT molecular complexity index is 2190. The van der Waals surface area contributed by atoms with Crippen molar-refractivity contribution in [2.75, 3.05) is 29.6 Å². The average Bonchev–Trinajstić information content (AvgIpc) is 3.24. The highest BCUT2D eigenvalue weighted by atomic mass is 16.7. The number of hydrogen-bond donors (Lipinski definition) is 0. The Morgan fingerprint density at radius 1 is 0.362 bits per heavy atom. The Balaban J connectivity index is 1.28. The van der Waals surface area contributed by atoms with E-state index in [0.717, 1.165) is 51.7 Å². The van der Waals surface area contributed by atoms with Crippen molar-refractivity contribution < 1.29 is 42.8 Å². The molecule has 0 aliphatic carbocycles. The molecule has 0 saturated heterocycles. The summed E-state index contributed by atoms with van der Waals surface area (Å²) in [6.07, 6.45) is -1.36. The summed E-state index contributed by atoms with van der Waals surface area (Å²) < 4.78 is 30.6. The van der Waals surface area contributed by atoms with Gasteiger partial charge in [0.25, 0.3) is 0 Å². The van der Waals surface area contributed by atoms with E-state index in [1.807, 2.05) is 53.4 Å². The first-order chi connectivity index (χ1) is 28.3. The monoisotopic (exact) mass is 780 g/mol.